The van der Waals surface area contributed by atoms with Gasteiger partial charge in [-0.1, -0.05) is 63.2 Å². The van der Waals surface area contributed by atoms with Crippen LogP contribution in [-0.2, 0) is 24.1 Å². The number of amides is 2. The van der Waals surface area contributed by atoms with Gasteiger partial charge in [0, 0.05) is 16.0 Å². The molecule has 5 rings (SSSR count). The second kappa shape index (κ2) is 11.3. The third-order valence-electron chi connectivity index (χ3n) is 7.82. The van der Waals surface area contributed by atoms with E-state index in [4.69, 9.17) is 9.47 Å². The van der Waals surface area contributed by atoms with Gasteiger partial charge in [-0.2, -0.15) is 0 Å². The van der Waals surface area contributed by atoms with Crippen molar-refractivity contribution in [1.29, 1.82) is 0 Å². The molecular weight excluding hydrogens is 520 g/mol. The Hall–Kier alpha value is -3.84. The van der Waals surface area contributed by atoms with Crippen molar-refractivity contribution in [2.45, 2.75) is 46.5 Å². The third kappa shape index (κ3) is 5.70. The number of carbonyl (C=O) groups is 2. The Bertz CT molecular complexity index is 1560. The first kappa shape index (κ1) is 27.7. The van der Waals surface area contributed by atoms with Crippen LogP contribution in [0.25, 0.3) is 10.8 Å². The lowest BCUT2D eigenvalue weighted by atomic mass is 9.72. The van der Waals surface area contributed by atoms with Crippen molar-refractivity contribution < 1.29 is 19.1 Å². The number of thiophene rings is 1. The number of nitrogens with one attached hydrogen (secondary N) is 2. The summed E-state index contributed by atoms with van der Waals surface area (Å²) in [6.45, 7) is 6.82. The first-order valence-corrected chi connectivity index (χ1v) is 14.4. The zero-order valence-electron chi connectivity index (χ0n) is 23.7. The van der Waals surface area contributed by atoms with E-state index in [1.54, 1.807) is 26.4 Å². The van der Waals surface area contributed by atoms with Gasteiger partial charge in [0.2, 0.25) is 5.91 Å². The molecule has 0 fully saturated rings. The standard InChI is InChI=1S/C33H36N2O4S/c1-33(2,3)22-14-15-24-28(19-22)40-32(35-29(36)18-20-13-16-26(38-4)27(17-20)39-5)30(24)31(37)34-25-12-8-10-21-9-6-7-11-23(21)25/h6-13,16-17,22H,14-15,18-19H2,1-5H3,(H,34,37)(H,35,36). The van der Waals surface area contributed by atoms with E-state index < -0.39 is 0 Å². The molecule has 4 aromatic rings. The summed E-state index contributed by atoms with van der Waals surface area (Å²) >= 11 is 1.54. The number of anilines is 2. The fourth-order valence-electron chi connectivity index (χ4n) is 5.52. The maximum Gasteiger partial charge on any atom is 0.258 e. The molecule has 1 unspecified atom stereocenters. The summed E-state index contributed by atoms with van der Waals surface area (Å²) in [4.78, 5) is 28.4. The summed E-state index contributed by atoms with van der Waals surface area (Å²) < 4.78 is 10.7. The van der Waals surface area contributed by atoms with E-state index >= 15 is 0 Å². The van der Waals surface area contributed by atoms with E-state index in [0.29, 0.717) is 28.0 Å². The molecule has 1 aliphatic carbocycles. The van der Waals surface area contributed by atoms with Crippen LogP contribution in [0.5, 0.6) is 11.5 Å². The molecule has 1 heterocycles. The van der Waals surface area contributed by atoms with Gasteiger partial charge in [0.1, 0.15) is 5.00 Å². The van der Waals surface area contributed by atoms with Crippen LogP contribution in [0.3, 0.4) is 0 Å². The topological polar surface area (TPSA) is 76.7 Å². The molecule has 3 aromatic carbocycles. The lowest BCUT2D eigenvalue weighted by Crippen LogP contribution is -2.27. The van der Waals surface area contributed by atoms with Gasteiger partial charge < -0.3 is 20.1 Å². The number of carbonyl (C=O) groups excluding carboxylic acids is 2. The highest BCUT2D eigenvalue weighted by Gasteiger charge is 2.34. The van der Waals surface area contributed by atoms with Crippen LogP contribution in [0.2, 0.25) is 0 Å². The van der Waals surface area contributed by atoms with Gasteiger partial charge in [-0.3, -0.25) is 9.59 Å². The van der Waals surface area contributed by atoms with Crippen LogP contribution in [0.15, 0.2) is 60.7 Å². The predicted octanol–water partition coefficient (Wildman–Crippen LogP) is 7.50. The lowest BCUT2D eigenvalue weighted by molar-refractivity contribution is -0.115. The molecule has 0 spiro atoms. The number of rotatable bonds is 7. The minimum Gasteiger partial charge on any atom is -0.493 e. The average Bonchev–Trinajstić information content (AvgIpc) is 3.29. The van der Waals surface area contributed by atoms with Crippen molar-refractivity contribution in [2.24, 2.45) is 11.3 Å². The Morgan fingerprint density at radius 1 is 0.950 bits per heavy atom. The largest absolute Gasteiger partial charge is 0.493 e. The van der Waals surface area contributed by atoms with Gasteiger partial charge in [0.25, 0.3) is 5.91 Å². The quantitative estimate of drug-likeness (QED) is 0.247. The summed E-state index contributed by atoms with van der Waals surface area (Å²) in [5, 5.41) is 8.90. The van der Waals surface area contributed by atoms with Gasteiger partial charge in [-0.15, -0.1) is 11.3 Å². The Balaban J connectivity index is 1.45. The third-order valence-corrected chi connectivity index (χ3v) is 8.99. The Morgan fingerprint density at radius 2 is 1.70 bits per heavy atom. The summed E-state index contributed by atoms with van der Waals surface area (Å²) in [6.07, 6.45) is 2.89. The van der Waals surface area contributed by atoms with Crippen molar-refractivity contribution in [2.75, 3.05) is 24.9 Å². The molecule has 0 saturated heterocycles. The molecule has 2 amide bonds. The maximum absolute atomic E-state index is 13.9. The van der Waals surface area contributed by atoms with E-state index in [-0.39, 0.29) is 23.7 Å². The molecule has 0 bridgehead atoms. The number of hydrogen-bond acceptors (Lipinski definition) is 5. The summed E-state index contributed by atoms with van der Waals surface area (Å²) in [6, 6.07) is 19.3. The molecular formula is C33H36N2O4S. The lowest BCUT2D eigenvalue weighted by Gasteiger charge is -2.33. The zero-order chi connectivity index (χ0) is 28.4. The molecule has 6 nitrogen and oxygen atoms in total. The molecule has 0 aliphatic heterocycles. The van der Waals surface area contributed by atoms with Gasteiger partial charge in [0.15, 0.2) is 11.5 Å². The van der Waals surface area contributed by atoms with E-state index in [1.165, 1.54) is 16.2 Å². The highest BCUT2D eigenvalue weighted by atomic mass is 32.1. The minimum absolute atomic E-state index is 0.151. The molecule has 0 saturated carbocycles. The first-order chi connectivity index (χ1) is 19.2. The van der Waals surface area contributed by atoms with E-state index in [9.17, 15) is 9.59 Å². The Morgan fingerprint density at radius 3 is 2.45 bits per heavy atom. The van der Waals surface area contributed by atoms with Crippen LogP contribution in [0.1, 0.15) is 53.6 Å². The Kier molecular flexibility index (Phi) is 7.86. The van der Waals surface area contributed by atoms with E-state index in [0.717, 1.165) is 46.8 Å². The van der Waals surface area contributed by atoms with E-state index in [1.807, 2.05) is 48.5 Å². The summed E-state index contributed by atoms with van der Waals surface area (Å²) in [5.41, 5.74) is 3.37. The van der Waals surface area contributed by atoms with Crippen LogP contribution >= 0.6 is 11.3 Å². The molecule has 0 radical (unpaired) electrons. The van der Waals surface area contributed by atoms with Crippen LogP contribution < -0.4 is 20.1 Å². The highest BCUT2D eigenvalue weighted by molar-refractivity contribution is 7.17. The summed E-state index contributed by atoms with van der Waals surface area (Å²) in [5.74, 6) is 1.32. The fraction of sp³-hybridized carbons (Fsp3) is 0.333. The predicted molar refractivity (Wildman–Crippen MR) is 163 cm³/mol. The molecule has 1 atom stereocenters. The number of hydrogen-bond donors (Lipinski definition) is 2. The van der Waals surface area contributed by atoms with Crippen LogP contribution in [-0.4, -0.2) is 26.0 Å². The zero-order valence-corrected chi connectivity index (χ0v) is 24.5. The monoisotopic (exact) mass is 556 g/mol. The normalized spacial score (nSPS) is 14.9. The van der Waals surface area contributed by atoms with Crippen molar-refractivity contribution in [1.82, 2.24) is 0 Å². The van der Waals surface area contributed by atoms with Crippen LogP contribution in [0, 0.1) is 11.3 Å². The molecule has 40 heavy (non-hydrogen) atoms. The van der Waals surface area contributed by atoms with Gasteiger partial charge in [0.05, 0.1) is 26.2 Å². The van der Waals surface area contributed by atoms with Crippen molar-refractivity contribution in [3.8, 4) is 11.5 Å². The van der Waals surface area contributed by atoms with E-state index in [2.05, 4.69) is 31.4 Å². The van der Waals surface area contributed by atoms with Gasteiger partial charge in [-0.05, 0) is 65.3 Å². The molecule has 7 heteroatoms. The molecule has 1 aliphatic rings. The average molecular weight is 557 g/mol. The second-order valence-corrected chi connectivity index (χ2v) is 12.5. The first-order valence-electron chi connectivity index (χ1n) is 13.6. The minimum atomic E-state index is -0.190. The van der Waals surface area contributed by atoms with Gasteiger partial charge >= 0.3 is 0 Å². The molecule has 2 N–H and O–H groups in total. The van der Waals surface area contributed by atoms with Crippen molar-refractivity contribution >= 4 is 44.6 Å². The van der Waals surface area contributed by atoms with Crippen molar-refractivity contribution in [3.63, 3.8) is 0 Å². The highest BCUT2D eigenvalue weighted by Crippen LogP contribution is 2.44. The number of methoxy groups -OCH3 is 2. The fourth-order valence-corrected chi connectivity index (χ4v) is 6.86. The maximum atomic E-state index is 13.9. The van der Waals surface area contributed by atoms with Crippen molar-refractivity contribution in [3.05, 3.63) is 82.2 Å². The SMILES string of the molecule is COc1ccc(CC(=O)Nc2sc3c(c2C(=O)Nc2cccc4ccccc24)CCC(C(C)(C)C)C3)cc1OC. The Labute approximate surface area is 239 Å². The number of benzene rings is 3. The number of ether oxygens (including phenoxy) is 2. The summed E-state index contributed by atoms with van der Waals surface area (Å²) in [7, 11) is 3.15. The van der Waals surface area contributed by atoms with Crippen LogP contribution in [0.4, 0.5) is 10.7 Å². The second-order valence-electron chi connectivity index (χ2n) is 11.4. The van der Waals surface area contributed by atoms with Gasteiger partial charge in [-0.25, -0.2) is 0 Å². The molecule has 208 valence electrons. The number of fused-ring (bicyclic) bond motifs is 2. The molecule has 1 aromatic heterocycles. The smallest absolute Gasteiger partial charge is 0.258 e.